The van der Waals surface area contributed by atoms with Gasteiger partial charge >= 0.3 is 0 Å². The van der Waals surface area contributed by atoms with E-state index in [1.54, 1.807) is 18.2 Å². The van der Waals surface area contributed by atoms with Crippen molar-refractivity contribution in [2.75, 3.05) is 13.1 Å². The number of aryl methyl sites for hydroxylation is 2. The van der Waals surface area contributed by atoms with Crippen molar-refractivity contribution in [1.82, 2.24) is 14.4 Å². The summed E-state index contributed by atoms with van der Waals surface area (Å²) in [6.45, 7) is 4.48. The first kappa shape index (κ1) is 19.7. The van der Waals surface area contributed by atoms with Crippen LogP contribution in [-0.4, -0.2) is 36.0 Å². The zero-order chi connectivity index (χ0) is 20.6. The lowest BCUT2D eigenvalue weighted by Gasteiger charge is -2.30. The number of rotatable bonds is 4. The molecule has 0 atom stereocenters. The first-order valence-corrected chi connectivity index (χ1v) is 11.0. The topological polar surface area (TPSA) is 76.3 Å². The molecule has 1 aliphatic heterocycles. The SMILES string of the molecule is Cc1ccc(C)c(S(=O)(=O)N2CCC(c3noc(-c4cccc(F)c4)n3)CC2)c1. The minimum atomic E-state index is -3.54. The van der Waals surface area contributed by atoms with Crippen LogP contribution in [0.2, 0.25) is 0 Å². The van der Waals surface area contributed by atoms with Gasteiger partial charge in [-0.25, -0.2) is 12.8 Å². The summed E-state index contributed by atoms with van der Waals surface area (Å²) in [5.41, 5.74) is 2.19. The number of aromatic nitrogens is 2. The largest absolute Gasteiger partial charge is 0.334 e. The normalized spacial score (nSPS) is 16.2. The lowest BCUT2D eigenvalue weighted by atomic mass is 9.97. The molecule has 152 valence electrons. The molecule has 2 aromatic carbocycles. The number of halogens is 1. The van der Waals surface area contributed by atoms with Gasteiger partial charge in [-0.2, -0.15) is 9.29 Å². The predicted octanol–water partition coefficient (Wildman–Crippen LogP) is 4.06. The third-order valence-electron chi connectivity index (χ3n) is 5.29. The van der Waals surface area contributed by atoms with E-state index in [9.17, 15) is 12.8 Å². The third kappa shape index (κ3) is 3.95. The van der Waals surface area contributed by atoms with Crippen LogP contribution in [0.4, 0.5) is 4.39 Å². The van der Waals surface area contributed by atoms with Crippen molar-refractivity contribution in [3.05, 3.63) is 65.2 Å². The molecule has 1 saturated heterocycles. The van der Waals surface area contributed by atoms with E-state index in [2.05, 4.69) is 10.1 Å². The Balaban J connectivity index is 1.48. The molecule has 3 aromatic rings. The Bertz CT molecular complexity index is 1140. The smallest absolute Gasteiger partial charge is 0.258 e. The van der Waals surface area contributed by atoms with Gasteiger partial charge in [0.05, 0.1) is 4.90 Å². The summed E-state index contributed by atoms with van der Waals surface area (Å²) in [4.78, 5) is 4.77. The Labute approximate surface area is 169 Å². The van der Waals surface area contributed by atoms with Crippen LogP contribution in [0.15, 0.2) is 51.9 Å². The molecule has 0 bridgehead atoms. The summed E-state index contributed by atoms with van der Waals surface area (Å²) in [6.07, 6.45) is 1.21. The Morgan fingerprint density at radius 3 is 2.59 bits per heavy atom. The monoisotopic (exact) mass is 415 g/mol. The Morgan fingerprint density at radius 1 is 1.10 bits per heavy atom. The molecule has 1 aromatic heterocycles. The van der Waals surface area contributed by atoms with Gasteiger partial charge in [0.25, 0.3) is 5.89 Å². The van der Waals surface area contributed by atoms with Crippen molar-refractivity contribution in [2.24, 2.45) is 0 Å². The Kier molecular flexibility index (Phi) is 5.23. The molecule has 0 aliphatic carbocycles. The minimum Gasteiger partial charge on any atom is -0.334 e. The number of piperidine rings is 1. The van der Waals surface area contributed by atoms with Crippen molar-refractivity contribution in [3.63, 3.8) is 0 Å². The maximum Gasteiger partial charge on any atom is 0.258 e. The Hall–Kier alpha value is -2.58. The second-order valence-corrected chi connectivity index (χ2v) is 9.32. The van der Waals surface area contributed by atoms with Crippen LogP contribution >= 0.6 is 0 Å². The molecule has 0 saturated carbocycles. The number of nitrogens with zero attached hydrogens (tertiary/aromatic N) is 3. The molecule has 8 heteroatoms. The molecule has 4 rings (SSSR count). The van der Waals surface area contributed by atoms with Gasteiger partial charge in [-0.3, -0.25) is 0 Å². The molecule has 2 heterocycles. The highest BCUT2D eigenvalue weighted by Gasteiger charge is 2.32. The van der Waals surface area contributed by atoms with Crippen molar-refractivity contribution >= 4 is 10.0 Å². The van der Waals surface area contributed by atoms with Crippen LogP contribution in [-0.2, 0) is 10.0 Å². The summed E-state index contributed by atoms with van der Waals surface area (Å²) < 4.78 is 46.4. The average molecular weight is 415 g/mol. The van der Waals surface area contributed by atoms with Crippen LogP contribution in [0.1, 0.15) is 35.7 Å². The summed E-state index contributed by atoms with van der Waals surface area (Å²) in [6, 6.07) is 11.5. The lowest BCUT2D eigenvalue weighted by molar-refractivity contribution is 0.307. The fraction of sp³-hybridized carbons (Fsp3) is 0.333. The number of hydrogen-bond donors (Lipinski definition) is 0. The zero-order valence-electron chi connectivity index (χ0n) is 16.3. The molecule has 6 nitrogen and oxygen atoms in total. The molecule has 0 N–H and O–H groups in total. The number of benzene rings is 2. The van der Waals surface area contributed by atoms with Gasteiger partial charge in [0.1, 0.15) is 5.82 Å². The number of sulfonamides is 1. The van der Waals surface area contributed by atoms with Gasteiger partial charge in [0.15, 0.2) is 5.82 Å². The van der Waals surface area contributed by atoms with E-state index in [0.29, 0.717) is 42.2 Å². The molecular weight excluding hydrogens is 393 g/mol. The molecule has 0 spiro atoms. The number of hydrogen-bond acceptors (Lipinski definition) is 5. The molecule has 0 unspecified atom stereocenters. The zero-order valence-corrected chi connectivity index (χ0v) is 17.1. The van der Waals surface area contributed by atoms with Crippen molar-refractivity contribution in [1.29, 1.82) is 0 Å². The highest BCUT2D eigenvalue weighted by molar-refractivity contribution is 7.89. The molecule has 29 heavy (non-hydrogen) atoms. The van der Waals surface area contributed by atoms with Gasteiger partial charge in [-0.15, -0.1) is 0 Å². The van der Waals surface area contributed by atoms with E-state index in [-0.39, 0.29) is 17.6 Å². The highest BCUT2D eigenvalue weighted by Crippen LogP contribution is 2.31. The van der Waals surface area contributed by atoms with E-state index in [1.807, 2.05) is 26.0 Å². The molecule has 1 aliphatic rings. The van der Waals surface area contributed by atoms with Gasteiger partial charge in [-0.05, 0) is 62.1 Å². The lowest BCUT2D eigenvalue weighted by Crippen LogP contribution is -2.38. The maximum atomic E-state index is 13.4. The molecule has 0 amide bonds. The fourth-order valence-corrected chi connectivity index (χ4v) is 5.40. The summed E-state index contributed by atoms with van der Waals surface area (Å²) in [5.74, 6) is 0.441. The van der Waals surface area contributed by atoms with Crippen molar-refractivity contribution in [2.45, 2.75) is 37.5 Å². The summed E-state index contributed by atoms with van der Waals surface area (Å²) in [7, 11) is -3.54. The van der Waals surface area contributed by atoms with Crippen LogP contribution in [0.3, 0.4) is 0 Å². The van der Waals surface area contributed by atoms with E-state index in [0.717, 1.165) is 11.1 Å². The summed E-state index contributed by atoms with van der Waals surface area (Å²) in [5, 5.41) is 4.04. The van der Waals surface area contributed by atoms with E-state index in [4.69, 9.17) is 4.52 Å². The van der Waals surface area contributed by atoms with E-state index in [1.165, 1.54) is 16.4 Å². The quantitative estimate of drug-likeness (QED) is 0.642. The molecule has 0 radical (unpaired) electrons. The van der Waals surface area contributed by atoms with Crippen molar-refractivity contribution in [3.8, 4) is 11.5 Å². The first-order valence-electron chi connectivity index (χ1n) is 9.51. The van der Waals surface area contributed by atoms with Gasteiger partial charge in [0.2, 0.25) is 10.0 Å². The maximum absolute atomic E-state index is 13.4. The van der Waals surface area contributed by atoms with Crippen LogP contribution in [0.25, 0.3) is 11.5 Å². The summed E-state index contributed by atoms with van der Waals surface area (Å²) >= 11 is 0. The predicted molar refractivity (Wildman–Crippen MR) is 106 cm³/mol. The molecule has 1 fully saturated rings. The van der Waals surface area contributed by atoms with Crippen LogP contribution in [0.5, 0.6) is 0 Å². The first-order chi connectivity index (χ1) is 13.8. The van der Waals surface area contributed by atoms with Gasteiger partial charge in [-0.1, -0.05) is 23.4 Å². The minimum absolute atomic E-state index is 0.00566. The standard InChI is InChI=1S/C21H22FN3O3S/c1-14-6-7-15(2)19(12-14)29(26,27)25-10-8-16(9-11-25)20-23-21(28-24-20)17-4-3-5-18(22)13-17/h3-7,12-13,16H,8-11H2,1-2H3. The van der Waals surface area contributed by atoms with Crippen LogP contribution in [0, 0.1) is 19.7 Å². The van der Waals surface area contributed by atoms with Gasteiger partial charge in [0, 0.05) is 24.6 Å². The second kappa shape index (κ2) is 7.68. The highest BCUT2D eigenvalue weighted by atomic mass is 32.2. The van der Waals surface area contributed by atoms with Crippen molar-refractivity contribution < 1.29 is 17.3 Å². The van der Waals surface area contributed by atoms with Gasteiger partial charge < -0.3 is 4.52 Å². The van der Waals surface area contributed by atoms with E-state index >= 15 is 0 Å². The Morgan fingerprint density at radius 2 is 1.86 bits per heavy atom. The molecular formula is C21H22FN3O3S. The third-order valence-corrected chi connectivity index (χ3v) is 7.33. The second-order valence-electron chi connectivity index (χ2n) is 7.42. The fourth-order valence-electron chi connectivity index (χ4n) is 3.62. The van der Waals surface area contributed by atoms with E-state index < -0.39 is 10.0 Å². The van der Waals surface area contributed by atoms with Crippen LogP contribution < -0.4 is 0 Å². The average Bonchev–Trinajstić information content (AvgIpc) is 3.20.